The molecule has 0 aliphatic carbocycles. The van der Waals surface area contributed by atoms with Gasteiger partial charge in [0, 0.05) is 0 Å². The van der Waals surface area contributed by atoms with Gasteiger partial charge in [-0.15, -0.1) is 0 Å². The smallest absolute Gasteiger partial charge is 0.416 e. The molecule has 4 rings (SSSR count). The molecule has 0 spiro atoms. The van der Waals surface area contributed by atoms with Gasteiger partial charge in [-0.3, -0.25) is 0 Å². The minimum atomic E-state index is -2.23. The summed E-state index contributed by atoms with van der Waals surface area (Å²) in [6, 6.07) is 24.8. The fourth-order valence-corrected chi connectivity index (χ4v) is 3.39. The number of carbonyl (C=O) groups excluding carboxylic acids is 3. The Morgan fingerprint density at radius 1 is 0.667 bits per heavy atom. The van der Waals surface area contributed by atoms with Gasteiger partial charge in [0.25, 0.3) is 0 Å². The Balaban J connectivity index is 1.65. The maximum Gasteiger partial charge on any atom is 0.416 e. The van der Waals surface area contributed by atoms with Crippen LogP contribution in [0.4, 0.5) is 0 Å². The number of carbonyl (C=O) groups is 3. The van der Waals surface area contributed by atoms with Gasteiger partial charge in [-0.1, -0.05) is 54.6 Å². The second-order valence-electron chi connectivity index (χ2n) is 7.37. The summed E-state index contributed by atoms with van der Waals surface area (Å²) in [5, 5.41) is 0. The van der Waals surface area contributed by atoms with Crippen LogP contribution in [0.1, 0.15) is 43.9 Å². The van der Waals surface area contributed by atoms with Gasteiger partial charge in [0.15, 0.2) is 0 Å². The van der Waals surface area contributed by atoms with Crippen molar-refractivity contribution in [1.82, 2.24) is 0 Å². The molecule has 1 unspecified atom stereocenters. The van der Waals surface area contributed by atoms with Crippen molar-refractivity contribution in [3.05, 3.63) is 108 Å². The number of esters is 3. The van der Waals surface area contributed by atoms with Crippen LogP contribution in [0.15, 0.2) is 91.0 Å². The number of hydrogen-bond acceptors (Lipinski definition) is 7. The third-order valence-corrected chi connectivity index (χ3v) is 5.06. The predicted molar refractivity (Wildman–Crippen MR) is 117 cm³/mol. The highest BCUT2D eigenvalue weighted by Crippen LogP contribution is 2.33. The monoisotopic (exact) mass is 446 g/mol. The SMILES string of the molecule is O=C(OC1CCCOC1(OC(=O)c1ccccc1)OC(=O)c1ccccc1)c1ccccc1. The topological polar surface area (TPSA) is 88.1 Å². The van der Waals surface area contributed by atoms with Gasteiger partial charge in [-0.2, -0.15) is 0 Å². The lowest BCUT2D eigenvalue weighted by atomic mass is 10.1. The van der Waals surface area contributed by atoms with Crippen LogP contribution >= 0.6 is 0 Å². The van der Waals surface area contributed by atoms with E-state index in [9.17, 15) is 14.4 Å². The molecule has 7 nitrogen and oxygen atoms in total. The Morgan fingerprint density at radius 2 is 1.09 bits per heavy atom. The molecule has 1 aliphatic heterocycles. The molecule has 0 aromatic heterocycles. The largest absolute Gasteiger partial charge is 0.447 e. The van der Waals surface area contributed by atoms with Crippen LogP contribution in [0.2, 0.25) is 0 Å². The third kappa shape index (κ3) is 5.27. The Bertz CT molecular complexity index is 1040. The van der Waals surface area contributed by atoms with Crippen LogP contribution in [0.25, 0.3) is 0 Å². The first-order valence-corrected chi connectivity index (χ1v) is 10.5. The van der Waals surface area contributed by atoms with Crippen molar-refractivity contribution in [2.75, 3.05) is 6.61 Å². The van der Waals surface area contributed by atoms with Crippen LogP contribution < -0.4 is 0 Å². The Kier molecular flexibility index (Phi) is 6.80. The molecule has 0 radical (unpaired) electrons. The molecule has 1 heterocycles. The summed E-state index contributed by atoms with van der Waals surface area (Å²) in [4.78, 5) is 38.6. The normalized spacial score (nSPS) is 16.9. The van der Waals surface area contributed by atoms with Crippen LogP contribution in [0.3, 0.4) is 0 Å². The first kappa shape index (κ1) is 22.2. The van der Waals surface area contributed by atoms with Gasteiger partial charge >= 0.3 is 23.9 Å². The molecular formula is C26H22O7. The van der Waals surface area contributed by atoms with Crippen molar-refractivity contribution in [3.63, 3.8) is 0 Å². The lowest BCUT2D eigenvalue weighted by Gasteiger charge is -2.39. The summed E-state index contributed by atoms with van der Waals surface area (Å²) in [5.41, 5.74) is 0.769. The molecule has 1 aliphatic rings. The fourth-order valence-electron chi connectivity index (χ4n) is 3.39. The third-order valence-electron chi connectivity index (χ3n) is 5.06. The van der Waals surface area contributed by atoms with Gasteiger partial charge in [0.2, 0.25) is 6.10 Å². The van der Waals surface area contributed by atoms with Crippen molar-refractivity contribution in [1.29, 1.82) is 0 Å². The number of rotatable bonds is 6. The number of ether oxygens (including phenoxy) is 4. The standard InChI is InChI=1S/C26H22O7/c27-23(19-11-4-1-5-12-19)31-22-17-10-18-30-26(22,32-24(28)20-13-6-2-7-14-20)33-25(29)21-15-8-3-9-16-21/h1-9,11-16,22H,10,17-18H2. The van der Waals surface area contributed by atoms with E-state index in [1.165, 1.54) is 0 Å². The van der Waals surface area contributed by atoms with E-state index < -0.39 is 30.0 Å². The van der Waals surface area contributed by atoms with Crippen molar-refractivity contribution in [2.45, 2.75) is 24.9 Å². The van der Waals surface area contributed by atoms with Gasteiger partial charge in [0.05, 0.1) is 23.3 Å². The van der Waals surface area contributed by atoms with E-state index in [2.05, 4.69) is 0 Å². The fraction of sp³-hybridized carbons (Fsp3) is 0.192. The second-order valence-corrected chi connectivity index (χ2v) is 7.37. The molecule has 168 valence electrons. The summed E-state index contributed by atoms with van der Waals surface area (Å²) in [5.74, 6) is -4.44. The molecule has 0 saturated carbocycles. The van der Waals surface area contributed by atoms with Crippen LogP contribution in [-0.2, 0) is 18.9 Å². The lowest BCUT2D eigenvalue weighted by molar-refractivity contribution is -0.378. The van der Waals surface area contributed by atoms with E-state index in [4.69, 9.17) is 18.9 Å². The van der Waals surface area contributed by atoms with E-state index in [1.54, 1.807) is 91.0 Å². The van der Waals surface area contributed by atoms with Crippen LogP contribution in [-0.4, -0.2) is 36.6 Å². The Labute approximate surface area is 190 Å². The summed E-state index contributed by atoms with van der Waals surface area (Å²) in [6.07, 6.45) is -0.387. The highest BCUT2D eigenvalue weighted by Gasteiger charge is 2.53. The molecular weight excluding hydrogens is 424 g/mol. The number of hydrogen-bond donors (Lipinski definition) is 0. The van der Waals surface area contributed by atoms with Crippen molar-refractivity contribution < 1.29 is 33.3 Å². The average Bonchev–Trinajstić information content (AvgIpc) is 2.87. The van der Waals surface area contributed by atoms with Crippen LogP contribution in [0.5, 0.6) is 0 Å². The molecule has 7 heteroatoms. The second kappa shape index (κ2) is 10.1. The molecule has 3 aromatic rings. The van der Waals surface area contributed by atoms with Gasteiger partial charge in [-0.25, -0.2) is 14.4 Å². The summed E-state index contributed by atoms with van der Waals surface area (Å²) < 4.78 is 22.6. The van der Waals surface area contributed by atoms with Crippen LogP contribution in [0, 0.1) is 0 Å². The molecule has 0 bridgehead atoms. The molecule has 3 aromatic carbocycles. The summed E-state index contributed by atoms with van der Waals surface area (Å²) >= 11 is 0. The zero-order valence-electron chi connectivity index (χ0n) is 17.7. The number of benzene rings is 3. The van der Waals surface area contributed by atoms with E-state index in [0.29, 0.717) is 12.0 Å². The quantitative estimate of drug-likeness (QED) is 0.410. The molecule has 0 amide bonds. The lowest BCUT2D eigenvalue weighted by Crippen LogP contribution is -2.56. The molecule has 1 fully saturated rings. The van der Waals surface area contributed by atoms with Crippen molar-refractivity contribution in [3.8, 4) is 0 Å². The maximum absolute atomic E-state index is 12.9. The first-order chi connectivity index (χ1) is 16.1. The Morgan fingerprint density at radius 3 is 1.55 bits per heavy atom. The van der Waals surface area contributed by atoms with E-state index in [-0.39, 0.29) is 24.2 Å². The zero-order chi connectivity index (χ0) is 23.1. The highest BCUT2D eigenvalue weighted by atomic mass is 16.9. The van der Waals surface area contributed by atoms with Gasteiger partial charge < -0.3 is 18.9 Å². The summed E-state index contributed by atoms with van der Waals surface area (Å²) in [6.45, 7) is 0.142. The van der Waals surface area contributed by atoms with E-state index in [1.807, 2.05) is 0 Å². The van der Waals surface area contributed by atoms with Gasteiger partial charge in [0.1, 0.15) is 0 Å². The molecule has 33 heavy (non-hydrogen) atoms. The molecule has 0 N–H and O–H groups in total. The average molecular weight is 446 g/mol. The van der Waals surface area contributed by atoms with Gasteiger partial charge in [-0.05, 0) is 49.2 Å². The highest BCUT2D eigenvalue weighted by molar-refractivity contribution is 5.92. The summed E-state index contributed by atoms with van der Waals surface area (Å²) in [7, 11) is 0. The van der Waals surface area contributed by atoms with E-state index >= 15 is 0 Å². The van der Waals surface area contributed by atoms with Crippen molar-refractivity contribution in [2.24, 2.45) is 0 Å². The minimum Gasteiger partial charge on any atom is -0.447 e. The molecule has 1 saturated heterocycles. The Hall–Kier alpha value is -3.97. The zero-order valence-corrected chi connectivity index (χ0v) is 17.7. The predicted octanol–water partition coefficient (Wildman–Crippen LogP) is 4.39. The maximum atomic E-state index is 12.9. The minimum absolute atomic E-state index is 0.142. The van der Waals surface area contributed by atoms with E-state index in [0.717, 1.165) is 0 Å². The van der Waals surface area contributed by atoms with Crippen molar-refractivity contribution >= 4 is 17.9 Å². The first-order valence-electron chi connectivity index (χ1n) is 10.5. The molecule has 1 atom stereocenters.